The van der Waals surface area contributed by atoms with E-state index in [1.807, 2.05) is 12.1 Å². The van der Waals surface area contributed by atoms with Gasteiger partial charge in [0.05, 0.1) is 6.54 Å². The van der Waals surface area contributed by atoms with Crippen molar-refractivity contribution >= 4 is 35.6 Å². The van der Waals surface area contributed by atoms with Crippen LogP contribution in [0.25, 0.3) is 0 Å². The maximum atomic E-state index is 6.07. The fourth-order valence-corrected chi connectivity index (χ4v) is 3.00. The summed E-state index contributed by atoms with van der Waals surface area (Å²) in [5.41, 5.74) is 8.27. The number of halogens is 1. The van der Waals surface area contributed by atoms with Gasteiger partial charge in [-0.15, -0.1) is 24.0 Å². The van der Waals surface area contributed by atoms with Crippen LogP contribution in [0, 0.1) is 12.8 Å². The van der Waals surface area contributed by atoms with Crippen molar-refractivity contribution in [2.75, 3.05) is 45.1 Å². The molecule has 24 heavy (non-hydrogen) atoms. The zero-order chi connectivity index (χ0) is 16.8. The number of aliphatic imine (C=N–C) groups is 1. The molecule has 1 aromatic rings. The standard InChI is InChI=1S/C18H31N5.HI/c1-14(2)17(23-10-8-22(4)9-11-23)13-20-18(19)21-16-7-5-6-15(3)12-16;/h5-7,12,14,17H,8-11,13H2,1-4H3,(H3,19,20,21);1H. The summed E-state index contributed by atoms with van der Waals surface area (Å²) in [6, 6.07) is 8.62. The van der Waals surface area contributed by atoms with Gasteiger partial charge in [0, 0.05) is 37.9 Å². The van der Waals surface area contributed by atoms with Gasteiger partial charge in [0.25, 0.3) is 0 Å². The molecule has 1 fully saturated rings. The molecule has 1 aliphatic heterocycles. The highest BCUT2D eigenvalue weighted by Gasteiger charge is 2.24. The maximum Gasteiger partial charge on any atom is 0.193 e. The Morgan fingerprint density at radius 1 is 1.25 bits per heavy atom. The first kappa shape index (κ1) is 21.2. The fourth-order valence-electron chi connectivity index (χ4n) is 3.00. The molecule has 1 saturated heterocycles. The minimum absolute atomic E-state index is 0. The number of likely N-dealkylation sites (N-methyl/N-ethyl adjacent to an activating group) is 1. The van der Waals surface area contributed by atoms with E-state index in [9.17, 15) is 0 Å². The highest BCUT2D eigenvalue weighted by molar-refractivity contribution is 14.0. The van der Waals surface area contributed by atoms with Crippen LogP contribution in [0.5, 0.6) is 0 Å². The van der Waals surface area contributed by atoms with Crippen LogP contribution in [0.3, 0.4) is 0 Å². The molecule has 1 aliphatic rings. The smallest absolute Gasteiger partial charge is 0.193 e. The number of aryl methyl sites for hydroxylation is 1. The lowest BCUT2D eigenvalue weighted by molar-refractivity contribution is 0.0926. The van der Waals surface area contributed by atoms with E-state index in [0.29, 0.717) is 17.9 Å². The number of nitrogens with zero attached hydrogens (tertiary/aromatic N) is 3. The van der Waals surface area contributed by atoms with Gasteiger partial charge in [0.2, 0.25) is 0 Å². The van der Waals surface area contributed by atoms with Crippen LogP contribution >= 0.6 is 24.0 Å². The zero-order valence-electron chi connectivity index (χ0n) is 15.3. The molecule has 1 atom stereocenters. The minimum Gasteiger partial charge on any atom is -0.370 e. The van der Waals surface area contributed by atoms with E-state index >= 15 is 0 Å². The van der Waals surface area contributed by atoms with Crippen LogP contribution in [0.2, 0.25) is 0 Å². The maximum absolute atomic E-state index is 6.07. The van der Waals surface area contributed by atoms with Gasteiger partial charge in [0.15, 0.2) is 5.96 Å². The van der Waals surface area contributed by atoms with Gasteiger partial charge in [-0.3, -0.25) is 9.89 Å². The predicted octanol–water partition coefficient (Wildman–Crippen LogP) is 2.61. The van der Waals surface area contributed by atoms with E-state index in [-0.39, 0.29) is 24.0 Å². The number of benzene rings is 1. The Morgan fingerprint density at radius 2 is 1.92 bits per heavy atom. The number of nitrogens with one attached hydrogen (secondary N) is 1. The third-order valence-electron chi connectivity index (χ3n) is 4.52. The second-order valence-electron chi connectivity index (χ2n) is 6.87. The molecule has 0 aliphatic carbocycles. The van der Waals surface area contributed by atoms with Crippen LogP contribution in [-0.2, 0) is 0 Å². The number of piperazine rings is 1. The molecular weight excluding hydrogens is 413 g/mol. The van der Waals surface area contributed by atoms with Crippen LogP contribution in [-0.4, -0.2) is 61.6 Å². The Balaban J connectivity index is 0.00000288. The van der Waals surface area contributed by atoms with Crippen molar-refractivity contribution in [3.05, 3.63) is 29.8 Å². The Kier molecular flexibility index (Phi) is 9.01. The fraction of sp³-hybridized carbons (Fsp3) is 0.611. The van der Waals surface area contributed by atoms with Gasteiger partial charge >= 0.3 is 0 Å². The van der Waals surface area contributed by atoms with Gasteiger partial charge < -0.3 is 16.0 Å². The molecule has 0 saturated carbocycles. The summed E-state index contributed by atoms with van der Waals surface area (Å²) in [4.78, 5) is 9.52. The summed E-state index contributed by atoms with van der Waals surface area (Å²) in [7, 11) is 2.18. The Hall–Kier alpha value is -0.860. The summed E-state index contributed by atoms with van der Waals surface area (Å²) < 4.78 is 0. The molecule has 0 amide bonds. The predicted molar refractivity (Wildman–Crippen MR) is 114 cm³/mol. The molecule has 136 valence electrons. The highest BCUT2D eigenvalue weighted by Crippen LogP contribution is 2.14. The molecule has 1 aromatic carbocycles. The average molecular weight is 445 g/mol. The summed E-state index contributed by atoms with van der Waals surface area (Å²) >= 11 is 0. The largest absolute Gasteiger partial charge is 0.370 e. The molecule has 5 nitrogen and oxygen atoms in total. The van der Waals surface area contributed by atoms with Crippen molar-refractivity contribution in [1.29, 1.82) is 0 Å². The molecule has 0 radical (unpaired) electrons. The lowest BCUT2D eigenvalue weighted by Crippen LogP contribution is -2.51. The van der Waals surface area contributed by atoms with Crippen molar-refractivity contribution < 1.29 is 0 Å². The zero-order valence-corrected chi connectivity index (χ0v) is 17.7. The molecule has 1 heterocycles. The van der Waals surface area contributed by atoms with Crippen molar-refractivity contribution in [3.8, 4) is 0 Å². The van der Waals surface area contributed by atoms with E-state index in [1.54, 1.807) is 0 Å². The van der Waals surface area contributed by atoms with Crippen LogP contribution in [0.1, 0.15) is 19.4 Å². The molecule has 2 rings (SSSR count). The quantitative estimate of drug-likeness (QED) is 0.416. The highest BCUT2D eigenvalue weighted by atomic mass is 127. The first-order valence-corrected chi connectivity index (χ1v) is 8.52. The topological polar surface area (TPSA) is 56.9 Å². The normalized spacial score (nSPS) is 18.3. The van der Waals surface area contributed by atoms with Gasteiger partial charge in [0.1, 0.15) is 0 Å². The van der Waals surface area contributed by atoms with E-state index in [2.05, 4.69) is 60.1 Å². The number of hydrogen-bond donors (Lipinski definition) is 2. The van der Waals surface area contributed by atoms with Crippen molar-refractivity contribution in [2.45, 2.75) is 26.8 Å². The molecule has 0 bridgehead atoms. The second-order valence-corrected chi connectivity index (χ2v) is 6.87. The van der Waals surface area contributed by atoms with E-state index in [4.69, 9.17) is 5.73 Å². The summed E-state index contributed by atoms with van der Waals surface area (Å²) in [5, 5.41) is 3.19. The minimum atomic E-state index is 0. The van der Waals surface area contributed by atoms with Gasteiger partial charge in [-0.25, -0.2) is 0 Å². The van der Waals surface area contributed by atoms with E-state index in [1.165, 1.54) is 5.56 Å². The molecular formula is C18H32IN5. The summed E-state index contributed by atoms with van der Waals surface area (Å²) in [5.74, 6) is 1.06. The first-order valence-electron chi connectivity index (χ1n) is 8.52. The Morgan fingerprint density at radius 3 is 2.50 bits per heavy atom. The number of rotatable bonds is 5. The lowest BCUT2D eigenvalue weighted by Gasteiger charge is -2.39. The van der Waals surface area contributed by atoms with Crippen molar-refractivity contribution in [2.24, 2.45) is 16.6 Å². The van der Waals surface area contributed by atoms with Gasteiger partial charge in [-0.1, -0.05) is 26.0 Å². The van der Waals surface area contributed by atoms with E-state index < -0.39 is 0 Å². The molecule has 1 unspecified atom stereocenters. The number of anilines is 1. The number of guanidine groups is 1. The molecule has 3 N–H and O–H groups in total. The summed E-state index contributed by atoms with van der Waals surface area (Å²) in [6.07, 6.45) is 0. The Labute approximate surface area is 163 Å². The van der Waals surface area contributed by atoms with Crippen molar-refractivity contribution in [1.82, 2.24) is 9.80 Å². The Bertz CT molecular complexity index is 524. The molecule has 6 heteroatoms. The molecule has 0 spiro atoms. The van der Waals surface area contributed by atoms with Gasteiger partial charge in [-0.05, 0) is 37.6 Å². The number of hydrogen-bond acceptors (Lipinski definition) is 3. The van der Waals surface area contributed by atoms with Crippen LogP contribution < -0.4 is 11.1 Å². The summed E-state index contributed by atoms with van der Waals surface area (Å²) in [6.45, 7) is 11.8. The SMILES string of the molecule is Cc1cccc(NC(N)=NCC(C(C)C)N2CCN(C)CC2)c1.I. The van der Waals surface area contributed by atoms with Gasteiger partial charge in [-0.2, -0.15) is 0 Å². The third kappa shape index (κ3) is 6.57. The van der Waals surface area contributed by atoms with E-state index in [0.717, 1.165) is 38.4 Å². The number of nitrogens with two attached hydrogens (primary N) is 1. The second kappa shape index (κ2) is 10.2. The first-order chi connectivity index (χ1) is 11.0. The van der Waals surface area contributed by atoms with Crippen LogP contribution in [0.4, 0.5) is 5.69 Å². The molecule has 0 aromatic heterocycles. The lowest BCUT2D eigenvalue weighted by atomic mass is 10.0. The van der Waals surface area contributed by atoms with Crippen LogP contribution in [0.15, 0.2) is 29.3 Å². The monoisotopic (exact) mass is 445 g/mol. The van der Waals surface area contributed by atoms with Crippen molar-refractivity contribution in [3.63, 3.8) is 0 Å². The third-order valence-corrected chi connectivity index (χ3v) is 4.52. The average Bonchev–Trinajstić information content (AvgIpc) is 2.49.